The van der Waals surface area contributed by atoms with E-state index in [-0.39, 0.29) is 6.54 Å². The Bertz CT molecular complexity index is 288. The van der Waals surface area contributed by atoms with Crippen LogP contribution in [0.15, 0.2) is 5.11 Å². The SMILES string of the molecule is CC(C)(CN=[N+]=[N-])C1(C(=O)O)CCC1. The Morgan fingerprint density at radius 3 is 2.50 bits per heavy atom. The van der Waals surface area contributed by atoms with E-state index in [1.807, 2.05) is 13.8 Å². The zero-order valence-corrected chi connectivity index (χ0v) is 8.53. The molecule has 14 heavy (non-hydrogen) atoms. The molecule has 5 nitrogen and oxygen atoms in total. The first-order valence-corrected chi connectivity index (χ1v) is 4.70. The topological polar surface area (TPSA) is 86.1 Å². The zero-order valence-electron chi connectivity index (χ0n) is 8.53. The van der Waals surface area contributed by atoms with Crippen LogP contribution >= 0.6 is 0 Å². The van der Waals surface area contributed by atoms with Gasteiger partial charge in [-0.1, -0.05) is 25.4 Å². The van der Waals surface area contributed by atoms with Crippen molar-refractivity contribution in [2.24, 2.45) is 15.9 Å². The molecule has 0 aliphatic heterocycles. The van der Waals surface area contributed by atoms with Crippen molar-refractivity contribution in [3.05, 3.63) is 10.4 Å². The molecule has 0 spiro atoms. The lowest BCUT2D eigenvalue weighted by Crippen LogP contribution is -2.51. The maximum Gasteiger partial charge on any atom is 0.310 e. The summed E-state index contributed by atoms with van der Waals surface area (Å²) in [7, 11) is 0. The van der Waals surface area contributed by atoms with Crippen LogP contribution in [0.25, 0.3) is 10.4 Å². The van der Waals surface area contributed by atoms with Crippen molar-refractivity contribution in [1.29, 1.82) is 0 Å². The van der Waals surface area contributed by atoms with E-state index < -0.39 is 16.8 Å². The minimum atomic E-state index is -0.762. The lowest BCUT2D eigenvalue weighted by molar-refractivity contribution is -0.165. The predicted octanol–water partition coefficient (Wildman–Crippen LogP) is 2.58. The van der Waals surface area contributed by atoms with Crippen molar-refractivity contribution >= 4 is 5.97 Å². The van der Waals surface area contributed by atoms with Gasteiger partial charge in [-0.3, -0.25) is 4.79 Å². The number of azide groups is 1. The molecule has 1 aliphatic carbocycles. The second kappa shape index (κ2) is 3.50. The molecule has 78 valence electrons. The third kappa shape index (κ3) is 1.44. The van der Waals surface area contributed by atoms with Crippen molar-refractivity contribution in [3.8, 4) is 0 Å². The molecule has 1 N–H and O–H groups in total. The van der Waals surface area contributed by atoms with Gasteiger partial charge >= 0.3 is 5.97 Å². The lowest BCUT2D eigenvalue weighted by atomic mass is 9.54. The molecule has 0 atom stereocenters. The largest absolute Gasteiger partial charge is 0.481 e. The summed E-state index contributed by atoms with van der Waals surface area (Å²) >= 11 is 0. The van der Waals surface area contributed by atoms with Gasteiger partial charge in [-0.25, -0.2) is 0 Å². The van der Waals surface area contributed by atoms with Gasteiger partial charge in [0.2, 0.25) is 0 Å². The average molecular weight is 197 g/mol. The Hall–Kier alpha value is -1.22. The van der Waals surface area contributed by atoms with Gasteiger partial charge in [0.25, 0.3) is 0 Å². The minimum Gasteiger partial charge on any atom is -0.481 e. The summed E-state index contributed by atoms with van der Waals surface area (Å²) in [6, 6.07) is 0. The molecular weight excluding hydrogens is 182 g/mol. The molecule has 0 bridgehead atoms. The maximum atomic E-state index is 11.2. The molecule has 0 aromatic heterocycles. The minimum absolute atomic E-state index is 0.246. The molecule has 0 aromatic rings. The molecule has 1 rings (SSSR count). The number of carboxylic acid groups (broad SMARTS) is 1. The highest BCUT2D eigenvalue weighted by molar-refractivity contribution is 5.76. The van der Waals surface area contributed by atoms with E-state index in [0.717, 1.165) is 6.42 Å². The van der Waals surface area contributed by atoms with Crippen LogP contribution < -0.4 is 0 Å². The normalized spacial score (nSPS) is 19.3. The highest BCUT2D eigenvalue weighted by atomic mass is 16.4. The Kier molecular flexibility index (Phi) is 2.71. The summed E-state index contributed by atoms with van der Waals surface area (Å²) < 4.78 is 0. The molecule has 0 aromatic carbocycles. The molecule has 0 saturated heterocycles. The molecule has 0 amide bonds. The van der Waals surface area contributed by atoms with Gasteiger partial charge in [-0.15, -0.1) is 0 Å². The van der Waals surface area contributed by atoms with Gasteiger partial charge < -0.3 is 5.11 Å². The fourth-order valence-corrected chi connectivity index (χ4v) is 2.07. The Morgan fingerprint density at radius 1 is 1.64 bits per heavy atom. The molecule has 0 radical (unpaired) electrons. The Balaban J connectivity index is 2.87. The fraction of sp³-hybridized carbons (Fsp3) is 0.889. The van der Waals surface area contributed by atoms with Crippen LogP contribution in [0.4, 0.5) is 0 Å². The van der Waals surface area contributed by atoms with Gasteiger partial charge in [-0.2, -0.15) is 0 Å². The van der Waals surface area contributed by atoms with E-state index in [0.29, 0.717) is 12.8 Å². The first-order chi connectivity index (χ1) is 6.46. The van der Waals surface area contributed by atoms with Crippen LogP contribution in [0.5, 0.6) is 0 Å². The number of carbonyl (C=O) groups is 1. The van der Waals surface area contributed by atoms with Crippen molar-refractivity contribution in [2.45, 2.75) is 33.1 Å². The first kappa shape index (κ1) is 10.9. The lowest BCUT2D eigenvalue weighted by Gasteiger charge is -2.49. The highest BCUT2D eigenvalue weighted by Gasteiger charge is 2.54. The molecule has 5 heteroatoms. The Morgan fingerprint density at radius 2 is 2.21 bits per heavy atom. The number of hydrogen-bond donors (Lipinski definition) is 1. The van der Waals surface area contributed by atoms with Crippen LogP contribution in [-0.2, 0) is 4.79 Å². The van der Waals surface area contributed by atoms with Gasteiger partial charge in [0.1, 0.15) is 0 Å². The summed E-state index contributed by atoms with van der Waals surface area (Å²) in [5.74, 6) is -0.762. The van der Waals surface area contributed by atoms with E-state index >= 15 is 0 Å². The smallest absolute Gasteiger partial charge is 0.310 e. The van der Waals surface area contributed by atoms with E-state index in [1.165, 1.54) is 0 Å². The van der Waals surface area contributed by atoms with Crippen LogP contribution in [0.2, 0.25) is 0 Å². The van der Waals surface area contributed by atoms with Crippen molar-refractivity contribution in [1.82, 2.24) is 0 Å². The van der Waals surface area contributed by atoms with Crippen molar-refractivity contribution in [3.63, 3.8) is 0 Å². The second-order valence-electron chi connectivity index (χ2n) is 4.51. The fourth-order valence-electron chi connectivity index (χ4n) is 2.07. The van der Waals surface area contributed by atoms with Crippen LogP contribution in [-0.4, -0.2) is 17.6 Å². The van der Waals surface area contributed by atoms with Gasteiger partial charge in [-0.05, 0) is 23.8 Å². The number of aliphatic carboxylic acids is 1. The highest BCUT2D eigenvalue weighted by Crippen LogP contribution is 2.54. The molecule has 1 aliphatic rings. The van der Waals surface area contributed by atoms with Crippen molar-refractivity contribution in [2.75, 3.05) is 6.54 Å². The standard InChI is InChI=1S/C9H15N3O2/c1-8(2,6-11-12-10)9(7(13)14)4-3-5-9/h3-6H2,1-2H3,(H,13,14). The summed E-state index contributed by atoms with van der Waals surface area (Å²) in [4.78, 5) is 13.9. The summed E-state index contributed by atoms with van der Waals surface area (Å²) in [5, 5.41) is 12.7. The summed E-state index contributed by atoms with van der Waals surface area (Å²) in [6.45, 7) is 3.96. The number of hydrogen-bond acceptors (Lipinski definition) is 2. The first-order valence-electron chi connectivity index (χ1n) is 4.70. The zero-order chi connectivity index (χ0) is 10.8. The average Bonchev–Trinajstić information content (AvgIpc) is 1.97. The number of nitrogens with zero attached hydrogens (tertiary/aromatic N) is 3. The summed E-state index contributed by atoms with van der Waals surface area (Å²) in [5.41, 5.74) is 7.10. The quantitative estimate of drug-likeness (QED) is 0.426. The van der Waals surface area contributed by atoms with Crippen LogP contribution in [0.1, 0.15) is 33.1 Å². The Labute approximate surface area is 82.7 Å². The van der Waals surface area contributed by atoms with E-state index in [4.69, 9.17) is 5.53 Å². The molecule has 1 fully saturated rings. The van der Waals surface area contributed by atoms with E-state index in [9.17, 15) is 9.90 Å². The predicted molar refractivity (Wildman–Crippen MR) is 51.7 cm³/mol. The van der Waals surface area contributed by atoms with Crippen LogP contribution in [0.3, 0.4) is 0 Å². The van der Waals surface area contributed by atoms with Gasteiger partial charge in [0.05, 0.1) is 5.41 Å². The monoisotopic (exact) mass is 197 g/mol. The second-order valence-corrected chi connectivity index (χ2v) is 4.51. The maximum absolute atomic E-state index is 11.2. The summed E-state index contributed by atoms with van der Waals surface area (Å²) in [6.07, 6.45) is 2.33. The number of rotatable bonds is 4. The number of carboxylic acids is 1. The van der Waals surface area contributed by atoms with E-state index in [1.54, 1.807) is 0 Å². The van der Waals surface area contributed by atoms with Crippen molar-refractivity contribution < 1.29 is 9.90 Å². The molecular formula is C9H15N3O2. The van der Waals surface area contributed by atoms with Gasteiger partial charge in [0, 0.05) is 11.5 Å². The van der Waals surface area contributed by atoms with Gasteiger partial charge in [0.15, 0.2) is 0 Å². The van der Waals surface area contributed by atoms with Crippen LogP contribution in [0, 0.1) is 10.8 Å². The third-order valence-corrected chi connectivity index (χ3v) is 3.44. The molecule has 0 unspecified atom stereocenters. The third-order valence-electron chi connectivity index (χ3n) is 3.44. The van der Waals surface area contributed by atoms with E-state index in [2.05, 4.69) is 10.0 Å². The molecule has 0 heterocycles. The molecule has 1 saturated carbocycles.